The van der Waals surface area contributed by atoms with E-state index in [1.165, 1.54) is 0 Å². The van der Waals surface area contributed by atoms with E-state index in [2.05, 4.69) is 4.90 Å². The zero-order valence-electron chi connectivity index (χ0n) is 10.8. The van der Waals surface area contributed by atoms with Gasteiger partial charge in [-0.1, -0.05) is 29.9 Å². The summed E-state index contributed by atoms with van der Waals surface area (Å²) in [5.41, 5.74) is 8.51. The predicted octanol–water partition coefficient (Wildman–Crippen LogP) is 3.51. The molecule has 1 heterocycles. The Morgan fingerprint density at radius 3 is 2.74 bits per heavy atom. The van der Waals surface area contributed by atoms with E-state index in [0.29, 0.717) is 22.1 Å². The van der Waals surface area contributed by atoms with Crippen molar-refractivity contribution in [3.63, 3.8) is 0 Å². The van der Waals surface area contributed by atoms with Crippen molar-refractivity contribution in [3.8, 4) is 0 Å². The van der Waals surface area contributed by atoms with Gasteiger partial charge in [0.15, 0.2) is 0 Å². The lowest BCUT2D eigenvalue weighted by molar-refractivity contribution is 0.529. The van der Waals surface area contributed by atoms with Crippen LogP contribution in [0.3, 0.4) is 0 Å². The Morgan fingerprint density at radius 2 is 2.16 bits per heavy atom. The van der Waals surface area contributed by atoms with E-state index in [4.69, 9.17) is 34.0 Å². The molecule has 19 heavy (non-hydrogen) atoms. The minimum Gasteiger partial charge on any atom is -0.469 e. The van der Waals surface area contributed by atoms with Crippen molar-refractivity contribution in [1.29, 1.82) is 0 Å². The molecule has 2 N–H and O–H groups in total. The monoisotopic (exact) mass is 294 g/mol. The van der Waals surface area contributed by atoms with E-state index in [1.807, 2.05) is 32.2 Å². The van der Waals surface area contributed by atoms with E-state index < -0.39 is 0 Å². The predicted molar refractivity (Wildman–Crippen MR) is 82.9 cm³/mol. The molecule has 2 rings (SSSR count). The quantitative estimate of drug-likeness (QED) is 0.876. The van der Waals surface area contributed by atoms with Crippen LogP contribution in [0.2, 0.25) is 5.02 Å². The third kappa shape index (κ3) is 2.91. The van der Waals surface area contributed by atoms with Crippen molar-refractivity contribution in [1.82, 2.24) is 0 Å². The largest absolute Gasteiger partial charge is 0.469 e. The highest BCUT2D eigenvalue weighted by molar-refractivity contribution is 7.80. The molecule has 0 unspecified atom stereocenters. The second-order valence-electron chi connectivity index (χ2n) is 4.36. The second kappa shape index (κ2) is 5.63. The number of nitrogens with two attached hydrogens (primary N) is 1. The molecule has 0 bridgehead atoms. The minimum atomic E-state index is 0.302. The maximum atomic E-state index is 6.17. The average Bonchev–Trinajstić information content (AvgIpc) is 2.74. The molecule has 0 fully saturated rings. The van der Waals surface area contributed by atoms with Crippen LogP contribution in [-0.4, -0.2) is 12.0 Å². The van der Waals surface area contributed by atoms with Crippen LogP contribution >= 0.6 is 23.8 Å². The fraction of sp³-hybridized carbons (Fsp3) is 0.214. The molecule has 1 aromatic carbocycles. The highest BCUT2D eigenvalue weighted by atomic mass is 35.5. The fourth-order valence-corrected chi connectivity index (χ4v) is 2.53. The summed E-state index contributed by atoms with van der Waals surface area (Å²) in [7, 11) is 1.97. The van der Waals surface area contributed by atoms with Gasteiger partial charge in [-0.05, 0) is 25.1 Å². The number of thiocarbonyl (C=S) groups is 1. The molecule has 3 nitrogen and oxygen atoms in total. The van der Waals surface area contributed by atoms with Gasteiger partial charge < -0.3 is 15.1 Å². The van der Waals surface area contributed by atoms with Crippen molar-refractivity contribution in [2.45, 2.75) is 13.5 Å². The van der Waals surface area contributed by atoms with Crippen LogP contribution < -0.4 is 10.6 Å². The standard InChI is InChI=1S/C14H15ClN2OS/c1-9-10(6-7-18-9)8-17(2)12-5-3-4-11(15)13(12)14(16)19/h3-7H,8H2,1-2H3,(H2,16,19). The van der Waals surface area contributed by atoms with E-state index in [0.717, 1.165) is 17.0 Å². The summed E-state index contributed by atoms with van der Waals surface area (Å²) in [6.45, 7) is 2.65. The first-order valence-electron chi connectivity index (χ1n) is 5.83. The highest BCUT2D eigenvalue weighted by Crippen LogP contribution is 2.28. The van der Waals surface area contributed by atoms with Gasteiger partial charge in [-0.3, -0.25) is 0 Å². The van der Waals surface area contributed by atoms with Gasteiger partial charge in [-0.15, -0.1) is 0 Å². The molecule has 0 saturated carbocycles. The number of furan rings is 1. The molecule has 0 amide bonds. The van der Waals surface area contributed by atoms with Gasteiger partial charge in [-0.2, -0.15) is 0 Å². The van der Waals surface area contributed by atoms with Crippen LogP contribution in [0.1, 0.15) is 16.9 Å². The number of anilines is 1. The van der Waals surface area contributed by atoms with E-state index in [1.54, 1.807) is 12.3 Å². The molecular weight excluding hydrogens is 280 g/mol. The lowest BCUT2D eigenvalue weighted by atomic mass is 10.1. The molecule has 100 valence electrons. The number of hydrogen-bond acceptors (Lipinski definition) is 3. The summed E-state index contributed by atoms with van der Waals surface area (Å²) in [5.74, 6) is 0.908. The van der Waals surface area contributed by atoms with Crippen molar-refractivity contribution < 1.29 is 4.42 Å². The molecule has 5 heteroatoms. The Bertz CT molecular complexity index is 609. The summed E-state index contributed by atoms with van der Waals surface area (Å²) >= 11 is 11.2. The van der Waals surface area contributed by atoms with E-state index in [-0.39, 0.29) is 0 Å². The molecule has 0 atom stereocenters. The van der Waals surface area contributed by atoms with Crippen LogP contribution in [0.15, 0.2) is 34.9 Å². The van der Waals surface area contributed by atoms with Gasteiger partial charge in [0.1, 0.15) is 10.7 Å². The zero-order valence-corrected chi connectivity index (χ0v) is 12.4. The Morgan fingerprint density at radius 1 is 1.42 bits per heavy atom. The van der Waals surface area contributed by atoms with Gasteiger partial charge in [0.2, 0.25) is 0 Å². The Balaban J connectivity index is 2.34. The molecule has 0 aliphatic rings. The third-order valence-corrected chi connectivity index (χ3v) is 3.54. The Labute approximate surface area is 123 Å². The van der Waals surface area contributed by atoms with E-state index in [9.17, 15) is 0 Å². The summed E-state index contributed by atoms with van der Waals surface area (Å²) in [6, 6.07) is 7.58. The Kier molecular flexibility index (Phi) is 4.12. The molecule has 1 aromatic heterocycles. The van der Waals surface area contributed by atoms with Crippen molar-refractivity contribution in [2.24, 2.45) is 5.73 Å². The van der Waals surface area contributed by atoms with Crippen LogP contribution in [0.5, 0.6) is 0 Å². The SMILES string of the molecule is Cc1occc1CN(C)c1cccc(Cl)c1C(N)=S. The molecule has 2 aromatic rings. The first-order valence-corrected chi connectivity index (χ1v) is 6.61. The third-order valence-electron chi connectivity index (χ3n) is 3.02. The average molecular weight is 295 g/mol. The van der Waals surface area contributed by atoms with Crippen LogP contribution in [0, 0.1) is 6.92 Å². The zero-order chi connectivity index (χ0) is 14.0. The van der Waals surface area contributed by atoms with Gasteiger partial charge in [0.05, 0.1) is 16.8 Å². The van der Waals surface area contributed by atoms with Crippen LogP contribution in [-0.2, 0) is 6.54 Å². The summed E-state index contributed by atoms with van der Waals surface area (Å²) < 4.78 is 5.30. The van der Waals surface area contributed by atoms with Crippen LogP contribution in [0.4, 0.5) is 5.69 Å². The van der Waals surface area contributed by atoms with Gasteiger partial charge in [0, 0.05) is 24.8 Å². The lowest BCUT2D eigenvalue weighted by Gasteiger charge is -2.22. The van der Waals surface area contributed by atoms with Crippen LogP contribution in [0.25, 0.3) is 0 Å². The number of nitrogens with zero attached hydrogens (tertiary/aromatic N) is 1. The lowest BCUT2D eigenvalue weighted by Crippen LogP contribution is -2.22. The van der Waals surface area contributed by atoms with Crippen molar-refractivity contribution >= 4 is 34.5 Å². The number of halogens is 1. The first-order chi connectivity index (χ1) is 9.00. The van der Waals surface area contributed by atoms with Gasteiger partial charge in [-0.25, -0.2) is 0 Å². The maximum absolute atomic E-state index is 6.17. The maximum Gasteiger partial charge on any atom is 0.107 e. The summed E-state index contributed by atoms with van der Waals surface area (Å²) in [5, 5.41) is 0.570. The highest BCUT2D eigenvalue weighted by Gasteiger charge is 2.14. The van der Waals surface area contributed by atoms with Crippen molar-refractivity contribution in [3.05, 3.63) is 52.4 Å². The first kappa shape index (κ1) is 13.9. The molecular formula is C14H15ClN2OS. The minimum absolute atomic E-state index is 0.302. The smallest absolute Gasteiger partial charge is 0.107 e. The molecule has 0 saturated heterocycles. The van der Waals surface area contributed by atoms with Crippen molar-refractivity contribution in [2.75, 3.05) is 11.9 Å². The molecule has 0 radical (unpaired) electrons. The molecule has 0 aliphatic heterocycles. The fourth-order valence-electron chi connectivity index (χ4n) is 1.99. The normalized spacial score (nSPS) is 10.5. The van der Waals surface area contributed by atoms with Gasteiger partial charge in [0.25, 0.3) is 0 Å². The second-order valence-corrected chi connectivity index (χ2v) is 5.20. The van der Waals surface area contributed by atoms with E-state index >= 15 is 0 Å². The summed E-state index contributed by atoms with van der Waals surface area (Å²) in [4.78, 5) is 2.36. The number of aryl methyl sites for hydroxylation is 1. The number of benzene rings is 1. The number of rotatable bonds is 4. The Hall–Kier alpha value is -1.52. The topological polar surface area (TPSA) is 42.4 Å². The summed E-state index contributed by atoms with van der Waals surface area (Å²) in [6.07, 6.45) is 1.69. The molecule has 0 aliphatic carbocycles. The number of hydrogen-bond donors (Lipinski definition) is 1. The van der Waals surface area contributed by atoms with Gasteiger partial charge >= 0.3 is 0 Å². The molecule has 0 spiro atoms.